The van der Waals surface area contributed by atoms with E-state index in [1.807, 2.05) is 19.2 Å². The molecule has 0 heterocycles. The van der Waals surface area contributed by atoms with Crippen LogP contribution in [0.3, 0.4) is 0 Å². The van der Waals surface area contributed by atoms with Crippen LogP contribution in [0, 0.1) is 11.7 Å². The number of benzene rings is 1. The van der Waals surface area contributed by atoms with Crippen LogP contribution in [0.5, 0.6) is 0 Å². The molecule has 0 aliphatic rings. The van der Waals surface area contributed by atoms with E-state index in [9.17, 15) is 27.2 Å². The number of nitrogens with one attached hydrogen (secondary N) is 3. The lowest BCUT2D eigenvalue weighted by Crippen LogP contribution is -2.42. The third-order valence-corrected chi connectivity index (χ3v) is 4.74. The Morgan fingerprint density at radius 3 is 2.39 bits per heavy atom. The van der Waals surface area contributed by atoms with Crippen molar-refractivity contribution in [2.24, 2.45) is 5.92 Å². The predicted molar refractivity (Wildman–Crippen MR) is 98.2 cm³/mol. The average Bonchev–Trinajstić information content (AvgIpc) is 2.62. The van der Waals surface area contributed by atoms with Crippen molar-refractivity contribution < 1.29 is 31.9 Å². The Hall–Kier alpha value is -2.53. The molecule has 3 N–H and O–H groups in total. The average molecular weight is 417 g/mol. The second-order valence-electron chi connectivity index (χ2n) is 6.27. The van der Waals surface area contributed by atoms with Gasteiger partial charge in [-0.3, -0.25) is 14.9 Å². The van der Waals surface area contributed by atoms with E-state index in [1.165, 1.54) is 0 Å². The normalized spacial score (nSPS) is 11.1. The van der Waals surface area contributed by atoms with Crippen LogP contribution in [0.2, 0.25) is 0 Å². The Kier molecular flexibility index (Phi) is 9.52. The number of carbonyl (C=O) groups excluding carboxylic acids is 3. The van der Waals surface area contributed by atoms with E-state index < -0.39 is 40.4 Å². The molecule has 0 aliphatic carbocycles. The van der Waals surface area contributed by atoms with Crippen LogP contribution >= 0.6 is 0 Å². The summed E-state index contributed by atoms with van der Waals surface area (Å²) in [6, 6.07) is 3.63. The lowest BCUT2D eigenvalue weighted by Gasteiger charge is -2.09. The Balaban J connectivity index is 2.23. The molecular formula is C17H24FN3O6S. The van der Waals surface area contributed by atoms with E-state index >= 15 is 0 Å². The van der Waals surface area contributed by atoms with Gasteiger partial charge in [0.1, 0.15) is 5.82 Å². The standard InChI is InChI=1S/C17H24FN3O6S/c1-12(2)10-19-17(24)21-15(22)11-27-16(23)4-3-9-20-28(25,26)14-7-5-13(18)6-8-14/h5-8,12,20H,3-4,9-11H2,1-2H3,(H2,19,21,22,24). The number of ether oxygens (including phenoxy) is 1. The highest BCUT2D eigenvalue weighted by atomic mass is 32.2. The van der Waals surface area contributed by atoms with Gasteiger partial charge in [-0.15, -0.1) is 0 Å². The number of halogens is 1. The summed E-state index contributed by atoms with van der Waals surface area (Å²) in [6.45, 7) is 3.52. The van der Waals surface area contributed by atoms with Crippen molar-refractivity contribution in [3.8, 4) is 0 Å². The van der Waals surface area contributed by atoms with Gasteiger partial charge >= 0.3 is 12.0 Å². The first kappa shape index (κ1) is 23.5. The minimum Gasteiger partial charge on any atom is -0.456 e. The largest absolute Gasteiger partial charge is 0.456 e. The van der Waals surface area contributed by atoms with Gasteiger partial charge in [0, 0.05) is 19.5 Å². The molecule has 3 amide bonds. The molecule has 156 valence electrons. The zero-order valence-electron chi connectivity index (χ0n) is 15.7. The van der Waals surface area contributed by atoms with Crippen LogP contribution in [0.25, 0.3) is 0 Å². The molecule has 0 spiro atoms. The maximum absolute atomic E-state index is 12.8. The molecular weight excluding hydrogens is 393 g/mol. The zero-order valence-corrected chi connectivity index (χ0v) is 16.5. The van der Waals surface area contributed by atoms with Gasteiger partial charge in [0.25, 0.3) is 5.91 Å². The van der Waals surface area contributed by atoms with Gasteiger partial charge in [-0.05, 0) is 36.6 Å². The highest BCUT2D eigenvalue weighted by Crippen LogP contribution is 2.09. The van der Waals surface area contributed by atoms with Crippen molar-refractivity contribution in [1.82, 2.24) is 15.4 Å². The zero-order chi connectivity index (χ0) is 21.2. The van der Waals surface area contributed by atoms with Crippen molar-refractivity contribution in [3.05, 3.63) is 30.1 Å². The van der Waals surface area contributed by atoms with Gasteiger partial charge in [-0.1, -0.05) is 13.8 Å². The fraction of sp³-hybridized carbons (Fsp3) is 0.471. The molecule has 0 bridgehead atoms. The number of hydrogen-bond acceptors (Lipinski definition) is 6. The molecule has 9 nitrogen and oxygen atoms in total. The molecule has 0 saturated carbocycles. The molecule has 0 fully saturated rings. The third kappa shape index (κ3) is 9.42. The quantitative estimate of drug-likeness (QED) is 0.383. The third-order valence-electron chi connectivity index (χ3n) is 3.26. The van der Waals surface area contributed by atoms with Crippen LogP contribution < -0.4 is 15.4 Å². The van der Waals surface area contributed by atoms with Gasteiger partial charge in [0.15, 0.2) is 6.61 Å². The van der Waals surface area contributed by atoms with Crippen LogP contribution in [-0.4, -0.2) is 46.0 Å². The first-order valence-corrected chi connectivity index (χ1v) is 10.1. The van der Waals surface area contributed by atoms with Gasteiger partial charge < -0.3 is 10.1 Å². The summed E-state index contributed by atoms with van der Waals surface area (Å²) in [7, 11) is -3.80. The van der Waals surface area contributed by atoms with Crippen molar-refractivity contribution >= 4 is 27.9 Å². The van der Waals surface area contributed by atoms with E-state index in [0.29, 0.717) is 6.54 Å². The summed E-state index contributed by atoms with van der Waals surface area (Å²) in [6.07, 6.45) is 0.00845. The smallest absolute Gasteiger partial charge is 0.321 e. The van der Waals surface area contributed by atoms with Crippen molar-refractivity contribution in [3.63, 3.8) is 0 Å². The summed E-state index contributed by atoms with van der Waals surface area (Å²) in [5, 5.41) is 4.49. The fourth-order valence-corrected chi connectivity index (χ4v) is 2.93. The summed E-state index contributed by atoms with van der Waals surface area (Å²) in [5.41, 5.74) is 0. The number of urea groups is 1. The Morgan fingerprint density at radius 2 is 1.79 bits per heavy atom. The number of esters is 1. The molecule has 0 aliphatic heterocycles. The first-order chi connectivity index (χ1) is 13.1. The van der Waals surface area contributed by atoms with Gasteiger partial charge in [0.05, 0.1) is 4.90 Å². The summed E-state index contributed by atoms with van der Waals surface area (Å²) in [5.74, 6) is -1.81. The minimum atomic E-state index is -3.80. The lowest BCUT2D eigenvalue weighted by atomic mass is 10.2. The molecule has 1 aromatic carbocycles. The van der Waals surface area contributed by atoms with E-state index in [4.69, 9.17) is 4.74 Å². The fourth-order valence-electron chi connectivity index (χ4n) is 1.86. The van der Waals surface area contributed by atoms with Crippen molar-refractivity contribution in [1.29, 1.82) is 0 Å². The van der Waals surface area contributed by atoms with Crippen molar-refractivity contribution in [2.45, 2.75) is 31.6 Å². The van der Waals surface area contributed by atoms with Crippen LogP contribution in [0.1, 0.15) is 26.7 Å². The second kappa shape index (κ2) is 11.3. The highest BCUT2D eigenvalue weighted by molar-refractivity contribution is 7.89. The van der Waals surface area contributed by atoms with Gasteiger partial charge in [-0.25, -0.2) is 22.3 Å². The number of carbonyl (C=O) groups is 3. The summed E-state index contributed by atoms with van der Waals surface area (Å²) < 4.78 is 43.7. The molecule has 0 atom stereocenters. The Labute approximate surface area is 163 Å². The molecule has 28 heavy (non-hydrogen) atoms. The molecule has 0 radical (unpaired) electrons. The van der Waals surface area contributed by atoms with Crippen LogP contribution in [0.15, 0.2) is 29.2 Å². The van der Waals surface area contributed by atoms with Gasteiger partial charge in [-0.2, -0.15) is 0 Å². The molecule has 1 rings (SSSR count). The maximum Gasteiger partial charge on any atom is 0.321 e. The molecule has 0 saturated heterocycles. The summed E-state index contributed by atoms with van der Waals surface area (Å²) in [4.78, 5) is 34.3. The predicted octanol–water partition coefficient (Wildman–Crippen LogP) is 0.909. The monoisotopic (exact) mass is 417 g/mol. The number of sulfonamides is 1. The lowest BCUT2D eigenvalue weighted by molar-refractivity contribution is -0.148. The number of imide groups is 1. The van der Waals surface area contributed by atoms with E-state index in [1.54, 1.807) is 0 Å². The topological polar surface area (TPSA) is 131 Å². The number of hydrogen-bond donors (Lipinski definition) is 3. The minimum absolute atomic E-state index is 0.0430. The van der Waals surface area contributed by atoms with Gasteiger partial charge in [0.2, 0.25) is 10.0 Å². The Bertz CT molecular complexity index is 781. The van der Waals surface area contributed by atoms with Crippen LogP contribution in [-0.2, 0) is 24.3 Å². The summed E-state index contributed by atoms with van der Waals surface area (Å²) >= 11 is 0. The number of amides is 3. The van der Waals surface area contributed by atoms with E-state index in [-0.39, 0.29) is 30.2 Å². The number of rotatable bonds is 10. The molecule has 11 heteroatoms. The van der Waals surface area contributed by atoms with Crippen LogP contribution in [0.4, 0.5) is 9.18 Å². The first-order valence-electron chi connectivity index (χ1n) is 8.58. The SMILES string of the molecule is CC(C)CNC(=O)NC(=O)COC(=O)CCCNS(=O)(=O)c1ccc(F)cc1. The molecule has 0 aromatic heterocycles. The van der Waals surface area contributed by atoms with E-state index in [0.717, 1.165) is 24.3 Å². The second-order valence-corrected chi connectivity index (χ2v) is 8.03. The Morgan fingerprint density at radius 1 is 1.14 bits per heavy atom. The van der Waals surface area contributed by atoms with E-state index in [2.05, 4.69) is 10.0 Å². The highest BCUT2D eigenvalue weighted by Gasteiger charge is 2.14. The maximum atomic E-state index is 12.8. The van der Waals surface area contributed by atoms with Crippen molar-refractivity contribution in [2.75, 3.05) is 19.7 Å². The molecule has 1 aromatic rings. The molecule has 0 unspecified atom stereocenters.